The zero-order valence-electron chi connectivity index (χ0n) is 13.9. The van der Waals surface area contributed by atoms with Gasteiger partial charge in [-0.3, -0.25) is 4.98 Å². The maximum absolute atomic E-state index is 5.90. The molecule has 0 aromatic carbocycles. The van der Waals surface area contributed by atoms with Gasteiger partial charge < -0.3 is 16.0 Å². The van der Waals surface area contributed by atoms with E-state index < -0.39 is 0 Å². The molecule has 3 rings (SSSR count). The zero-order valence-corrected chi connectivity index (χ0v) is 13.9. The van der Waals surface area contributed by atoms with Crippen LogP contribution < -0.4 is 16.0 Å². The van der Waals surface area contributed by atoms with Crippen molar-refractivity contribution < 1.29 is 0 Å². The highest BCUT2D eigenvalue weighted by Gasteiger charge is 2.12. The second-order valence-electron chi connectivity index (χ2n) is 5.92. The van der Waals surface area contributed by atoms with Crippen LogP contribution in [0.4, 0.5) is 5.82 Å². The molecule has 1 aliphatic rings. The molecule has 0 saturated carbocycles. The number of anilines is 1. The molecular weight excluding hydrogens is 300 g/mol. The van der Waals surface area contributed by atoms with Crippen molar-refractivity contribution in [2.24, 2.45) is 10.7 Å². The molecule has 0 amide bonds. The summed E-state index contributed by atoms with van der Waals surface area (Å²) in [6.45, 7) is 3.48. The number of aliphatic imine (C=N–C) groups is 1. The Morgan fingerprint density at radius 2 is 2.04 bits per heavy atom. The molecule has 0 spiro atoms. The molecule has 3 N–H and O–H groups in total. The van der Waals surface area contributed by atoms with Crippen LogP contribution in [-0.2, 0) is 13.0 Å². The molecule has 1 fully saturated rings. The minimum atomic E-state index is 0.453. The molecule has 6 heteroatoms. The Bertz CT molecular complexity index is 647. The number of aromatic nitrogens is 2. The molecule has 1 aliphatic heterocycles. The average molecular weight is 324 g/mol. The third kappa shape index (κ3) is 4.68. The number of pyridine rings is 2. The highest BCUT2D eigenvalue weighted by Crippen LogP contribution is 2.17. The normalized spacial score (nSPS) is 14.8. The minimum Gasteiger partial charge on any atom is -0.370 e. The van der Waals surface area contributed by atoms with Gasteiger partial charge in [-0.1, -0.05) is 12.1 Å². The van der Waals surface area contributed by atoms with Crippen LogP contribution in [0.25, 0.3) is 0 Å². The van der Waals surface area contributed by atoms with Crippen LogP contribution in [0.15, 0.2) is 47.7 Å². The van der Waals surface area contributed by atoms with Crippen LogP contribution in [0, 0.1) is 0 Å². The van der Waals surface area contributed by atoms with Crippen molar-refractivity contribution in [2.75, 3.05) is 24.5 Å². The molecule has 24 heavy (non-hydrogen) atoms. The average Bonchev–Trinajstić information content (AvgIpc) is 3.16. The van der Waals surface area contributed by atoms with Crippen molar-refractivity contribution in [3.05, 3.63) is 54.0 Å². The molecule has 6 nitrogen and oxygen atoms in total. The molecule has 126 valence electrons. The molecule has 2 aromatic rings. The largest absolute Gasteiger partial charge is 0.370 e. The second kappa shape index (κ2) is 8.29. The van der Waals surface area contributed by atoms with E-state index in [0.717, 1.165) is 43.1 Å². The van der Waals surface area contributed by atoms with Crippen LogP contribution in [0.2, 0.25) is 0 Å². The number of rotatable bonds is 6. The zero-order chi connectivity index (χ0) is 16.6. The highest BCUT2D eigenvalue weighted by atomic mass is 15.2. The first-order chi connectivity index (χ1) is 11.8. The van der Waals surface area contributed by atoms with Crippen molar-refractivity contribution in [3.8, 4) is 0 Å². The molecule has 1 saturated heterocycles. The van der Waals surface area contributed by atoms with Crippen molar-refractivity contribution in [3.63, 3.8) is 0 Å². The lowest BCUT2D eigenvalue weighted by Gasteiger charge is -2.16. The summed E-state index contributed by atoms with van der Waals surface area (Å²) in [5.74, 6) is 1.51. The van der Waals surface area contributed by atoms with E-state index in [9.17, 15) is 0 Å². The highest BCUT2D eigenvalue weighted by molar-refractivity contribution is 5.77. The van der Waals surface area contributed by atoms with Gasteiger partial charge >= 0.3 is 0 Å². The summed E-state index contributed by atoms with van der Waals surface area (Å²) in [7, 11) is 0. The fraction of sp³-hybridized carbons (Fsp3) is 0.389. The SMILES string of the molecule is NC(=NCc1ccc(N2CCCC2)nc1)NCCc1ccccn1. The Labute approximate surface area is 142 Å². The summed E-state index contributed by atoms with van der Waals surface area (Å²) >= 11 is 0. The van der Waals surface area contributed by atoms with Crippen LogP contribution >= 0.6 is 0 Å². The fourth-order valence-corrected chi connectivity index (χ4v) is 2.74. The van der Waals surface area contributed by atoms with Gasteiger partial charge in [0.1, 0.15) is 5.82 Å². The molecule has 3 heterocycles. The van der Waals surface area contributed by atoms with Gasteiger partial charge in [0, 0.05) is 44.1 Å². The van der Waals surface area contributed by atoms with E-state index in [1.54, 1.807) is 6.20 Å². The molecule has 0 unspecified atom stereocenters. The summed E-state index contributed by atoms with van der Waals surface area (Å²) in [4.78, 5) is 15.5. The third-order valence-corrected chi connectivity index (χ3v) is 4.08. The first-order valence-corrected chi connectivity index (χ1v) is 8.45. The van der Waals surface area contributed by atoms with Crippen molar-refractivity contribution in [1.82, 2.24) is 15.3 Å². The number of nitrogens with two attached hydrogens (primary N) is 1. The van der Waals surface area contributed by atoms with Crippen molar-refractivity contribution in [2.45, 2.75) is 25.8 Å². The van der Waals surface area contributed by atoms with Crippen LogP contribution in [0.5, 0.6) is 0 Å². The lowest BCUT2D eigenvalue weighted by Crippen LogP contribution is -2.33. The van der Waals surface area contributed by atoms with Crippen molar-refractivity contribution in [1.29, 1.82) is 0 Å². The lowest BCUT2D eigenvalue weighted by molar-refractivity contribution is 0.827. The first-order valence-electron chi connectivity index (χ1n) is 8.45. The van der Waals surface area contributed by atoms with E-state index in [1.165, 1.54) is 12.8 Å². The quantitative estimate of drug-likeness (QED) is 0.625. The van der Waals surface area contributed by atoms with E-state index in [-0.39, 0.29) is 0 Å². The van der Waals surface area contributed by atoms with E-state index in [0.29, 0.717) is 12.5 Å². The third-order valence-electron chi connectivity index (χ3n) is 4.08. The fourth-order valence-electron chi connectivity index (χ4n) is 2.74. The van der Waals surface area contributed by atoms with E-state index >= 15 is 0 Å². The number of hydrogen-bond acceptors (Lipinski definition) is 4. The van der Waals surface area contributed by atoms with E-state index in [1.807, 2.05) is 24.4 Å². The van der Waals surface area contributed by atoms with Crippen LogP contribution in [0.1, 0.15) is 24.1 Å². The maximum atomic E-state index is 5.90. The number of guanidine groups is 1. The summed E-state index contributed by atoms with van der Waals surface area (Å²) in [6.07, 6.45) is 7.02. The molecule has 0 aliphatic carbocycles. The van der Waals surface area contributed by atoms with Gasteiger partial charge in [-0.25, -0.2) is 9.98 Å². The van der Waals surface area contributed by atoms with Gasteiger partial charge in [0.05, 0.1) is 6.54 Å². The summed E-state index contributed by atoms with van der Waals surface area (Å²) < 4.78 is 0. The van der Waals surface area contributed by atoms with Gasteiger partial charge in [-0.05, 0) is 36.6 Å². The van der Waals surface area contributed by atoms with Gasteiger partial charge in [-0.2, -0.15) is 0 Å². The molecule has 2 aromatic heterocycles. The van der Waals surface area contributed by atoms with Crippen molar-refractivity contribution >= 4 is 11.8 Å². The van der Waals surface area contributed by atoms with E-state index in [4.69, 9.17) is 5.73 Å². The van der Waals surface area contributed by atoms with Crippen LogP contribution in [-0.4, -0.2) is 35.6 Å². The smallest absolute Gasteiger partial charge is 0.188 e. The Hall–Kier alpha value is -2.63. The standard InChI is InChI=1S/C18H24N6/c19-18(21-10-8-16-5-1-2-9-20-16)23-14-15-6-7-17(22-13-15)24-11-3-4-12-24/h1-2,5-7,9,13H,3-4,8,10-12,14H2,(H3,19,21,23). The topological polar surface area (TPSA) is 79.4 Å². The number of hydrogen-bond donors (Lipinski definition) is 2. The van der Waals surface area contributed by atoms with Gasteiger partial charge in [0.15, 0.2) is 5.96 Å². The number of nitrogens with one attached hydrogen (secondary N) is 1. The molecule has 0 radical (unpaired) electrons. The monoisotopic (exact) mass is 324 g/mol. The molecule has 0 bridgehead atoms. The van der Waals surface area contributed by atoms with E-state index in [2.05, 4.69) is 37.3 Å². The Kier molecular flexibility index (Phi) is 5.61. The predicted molar refractivity (Wildman–Crippen MR) is 97.0 cm³/mol. The Morgan fingerprint density at radius 1 is 1.17 bits per heavy atom. The lowest BCUT2D eigenvalue weighted by atomic mass is 10.3. The summed E-state index contributed by atoms with van der Waals surface area (Å²) in [5.41, 5.74) is 8.01. The molecular formula is C18H24N6. The van der Waals surface area contributed by atoms with Gasteiger partial charge in [0.25, 0.3) is 0 Å². The van der Waals surface area contributed by atoms with Gasteiger partial charge in [-0.15, -0.1) is 0 Å². The second-order valence-corrected chi connectivity index (χ2v) is 5.92. The maximum Gasteiger partial charge on any atom is 0.188 e. The Balaban J connectivity index is 1.44. The molecule has 0 atom stereocenters. The first kappa shape index (κ1) is 16.2. The minimum absolute atomic E-state index is 0.453. The Morgan fingerprint density at radius 3 is 2.75 bits per heavy atom. The van der Waals surface area contributed by atoms with Gasteiger partial charge in [0.2, 0.25) is 0 Å². The number of nitrogens with zero attached hydrogens (tertiary/aromatic N) is 4. The van der Waals surface area contributed by atoms with Crippen LogP contribution in [0.3, 0.4) is 0 Å². The summed E-state index contributed by atoms with van der Waals surface area (Å²) in [6, 6.07) is 10.0. The predicted octanol–water partition coefficient (Wildman–Crippen LogP) is 1.72. The summed E-state index contributed by atoms with van der Waals surface area (Å²) in [5, 5.41) is 3.12.